The number of rotatable bonds is 3. The molecule has 0 radical (unpaired) electrons. The van der Waals surface area contributed by atoms with Gasteiger partial charge < -0.3 is 26.2 Å². The fraction of sp³-hybridized carbons (Fsp3) is 0.882. The minimum absolute atomic E-state index is 0.365. The molecule has 0 bridgehead atoms. The molecule has 4 N–H and O–H groups in total. The fourth-order valence-corrected chi connectivity index (χ4v) is 3.78. The molecule has 3 aliphatic rings. The van der Waals surface area contributed by atoms with Crippen molar-refractivity contribution in [3.05, 3.63) is 0 Å². The second kappa shape index (κ2) is 9.88. The summed E-state index contributed by atoms with van der Waals surface area (Å²) in [6.07, 6.45) is -8.70. The Morgan fingerprint density at radius 2 is 1.71 bits per heavy atom. The van der Waals surface area contributed by atoms with E-state index in [1.54, 1.807) is 13.8 Å². The maximum atomic E-state index is 12.5. The van der Waals surface area contributed by atoms with E-state index in [2.05, 4.69) is 16.0 Å². The van der Waals surface area contributed by atoms with Gasteiger partial charge in [-0.2, -0.15) is 26.3 Å². The molecule has 0 unspecified atom stereocenters. The quantitative estimate of drug-likeness (QED) is 0.428. The minimum atomic E-state index is -4.35. The predicted octanol–water partition coefficient (Wildman–Crippen LogP) is -0.373. The molecule has 14 heteroatoms. The number of hydrogen-bond acceptors (Lipinski definition) is 6. The number of carbonyl (C=O) groups is 2. The van der Waals surface area contributed by atoms with Crippen LogP contribution < -0.4 is 21.3 Å². The Kier molecular flexibility index (Phi) is 8.16. The van der Waals surface area contributed by atoms with Crippen LogP contribution in [0.2, 0.25) is 0 Å². The van der Waals surface area contributed by atoms with Crippen molar-refractivity contribution < 1.29 is 35.9 Å². The first-order valence-corrected chi connectivity index (χ1v) is 9.86. The van der Waals surface area contributed by atoms with Crippen molar-refractivity contribution >= 4 is 11.8 Å². The number of hydrogen-bond donors (Lipinski definition) is 4. The SMILES string of the molecule is CC1(C)N(CC(F)(F)F)C(=O)[C@@H]2CNCCN21.O=C(NCC(F)(F)F)[C@@H]1CNCCN1. The second-order valence-corrected chi connectivity index (χ2v) is 7.99. The van der Waals surface area contributed by atoms with Crippen LogP contribution in [0.15, 0.2) is 0 Å². The zero-order valence-corrected chi connectivity index (χ0v) is 17.3. The highest BCUT2D eigenvalue weighted by atomic mass is 19.4. The van der Waals surface area contributed by atoms with E-state index in [1.165, 1.54) is 0 Å². The van der Waals surface area contributed by atoms with Crippen molar-refractivity contribution in [2.24, 2.45) is 0 Å². The van der Waals surface area contributed by atoms with Gasteiger partial charge in [0.1, 0.15) is 19.1 Å². The molecule has 0 saturated carbocycles. The van der Waals surface area contributed by atoms with Gasteiger partial charge in [-0.15, -0.1) is 0 Å². The number of carbonyl (C=O) groups excluding carboxylic acids is 2. The Hall–Kier alpha value is -1.64. The van der Waals surface area contributed by atoms with E-state index in [9.17, 15) is 35.9 Å². The summed E-state index contributed by atoms with van der Waals surface area (Å²) in [6.45, 7) is 4.29. The van der Waals surface area contributed by atoms with Crippen molar-refractivity contribution in [2.45, 2.75) is 43.9 Å². The summed E-state index contributed by atoms with van der Waals surface area (Å²) in [5.74, 6) is -1.05. The van der Waals surface area contributed by atoms with Crippen LogP contribution in [0.5, 0.6) is 0 Å². The van der Waals surface area contributed by atoms with Gasteiger partial charge in [-0.3, -0.25) is 14.5 Å². The number of fused-ring (bicyclic) bond motifs is 1. The van der Waals surface area contributed by atoms with Gasteiger partial charge in [0.25, 0.3) is 0 Å². The predicted molar refractivity (Wildman–Crippen MR) is 98.9 cm³/mol. The van der Waals surface area contributed by atoms with Crippen LogP contribution in [-0.4, -0.2) is 104 Å². The Labute approximate surface area is 176 Å². The maximum Gasteiger partial charge on any atom is 0.406 e. The van der Waals surface area contributed by atoms with E-state index in [0.29, 0.717) is 32.7 Å². The van der Waals surface area contributed by atoms with Gasteiger partial charge in [0, 0.05) is 39.3 Å². The van der Waals surface area contributed by atoms with Crippen molar-refractivity contribution in [1.29, 1.82) is 0 Å². The Balaban J connectivity index is 0.000000225. The Morgan fingerprint density at radius 1 is 1.06 bits per heavy atom. The van der Waals surface area contributed by atoms with Crippen LogP contribution in [0.25, 0.3) is 0 Å². The van der Waals surface area contributed by atoms with Gasteiger partial charge in [-0.05, 0) is 13.8 Å². The fourth-order valence-electron chi connectivity index (χ4n) is 3.78. The summed E-state index contributed by atoms with van der Waals surface area (Å²) in [4.78, 5) is 25.9. The molecule has 31 heavy (non-hydrogen) atoms. The van der Waals surface area contributed by atoms with Crippen LogP contribution in [0.1, 0.15) is 13.8 Å². The smallest absolute Gasteiger partial charge is 0.346 e. The zero-order valence-electron chi connectivity index (χ0n) is 17.3. The summed E-state index contributed by atoms with van der Waals surface area (Å²) in [5, 5.41) is 10.6. The van der Waals surface area contributed by atoms with Gasteiger partial charge in [0.2, 0.25) is 11.8 Å². The van der Waals surface area contributed by atoms with Crippen LogP contribution in [0.3, 0.4) is 0 Å². The largest absolute Gasteiger partial charge is 0.406 e. The highest BCUT2D eigenvalue weighted by Crippen LogP contribution is 2.34. The van der Waals surface area contributed by atoms with Gasteiger partial charge in [-0.25, -0.2) is 0 Å². The van der Waals surface area contributed by atoms with E-state index in [1.807, 2.05) is 10.2 Å². The maximum absolute atomic E-state index is 12.5. The molecule has 0 aromatic heterocycles. The lowest BCUT2D eigenvalue weighted by Crippen LogP contribution is -2.57. The highest BCUT2D eigenvalue weighted by molar-refractivity contribution is 5.85. The normalized spacial score (nSPS) is 26.7. The molecule has 3 aliphatic heterocycles. The van der Waals surface area contributed by atoms with Crippen LogP contribution >= 0.6 is 0 Å². The summed E-state index contributed by atoms with van der Waals surface area (Å²) in [6, 6.07) is -1.02. The van der Waals surface area contributed by atoms with Crippen LogP contribution in [0, 0.1) is 0 Å². The lowest BCUT2D eigenvalue weighted by atomic mass is 10.1. The first-order chi connectivity index (χ1) is 14.2. The number of piperazine rings is 2. The first-order valence-electron chi connectivity index (χ1n) is 9.86. The zero-order chi connectivity index (χ0) is 23.4. The van der Waals surface area contributed by atoms with Crippen molar-refractivity contribution in [3.8, 4) is 0 Å². The van der Waals surface area contributed by atoms with Gasteiger partial charge in [-0.1, -0.05) is 0 Å². The number of amides is 2. The molecular formula is C17H28F6N6O2. The summed E-state index contributed by atoms with van der Waals surface area (Å²) in [5.41, 5.74) is -0.862. The lowest BCUT2D eigenvalue weighted by molar-refractivity contribution is -0.168. The average Bonchev–Trinajstić information content (AvgIpc) is 2.87. The molecule has 3 saturated heterocycles. The lowest BCUT2D eigenvalue weighted by Gasteiger charge is -2.40. The molecule has 3 heterocycles. The monoisotopic (exact) mass is 462 g/mol. The molecule has 3 fully saturated rings. The van der Waals surface area contributed by atoms with Gasteiger partial charge in [0.15, 0.2) is 0 Å². The first kappa shape index (κ1) is 25.6. The third kappa shape index (κ3) is 7.19. The van der Waals surface area contributed by atoms with E-state index in [0.717, 1.165) is 11.4 Å². The molecule has 2 atom stereocenters. The molecule has 8 nitrogen and oxygen atoms in total. The molecule has 180 valence electrons. The number of halogens is 6. The third-order valence-electron chi connectivity index (χ3n) is 5.32. The Morgan fingerprint density at radius 3 is 2.23 bits per heavy atom. The van der Waals surface area contributed by atoms with E-state index in [-0.39, 0.29) is 0 Å². The van der Waals surface area contributed by atoms with E-state index >= 15 is 0 Å². The molecule has 0 spiro atoms. The number of nitrogens with one attached hydrogen (secondary N) is 4. The molecular weight excluding hydrogens is 434 g/mol. The van der Waals surface area contributed by atoms with Crippen LogP contribution in [0.4, 0.5) is 26.3 Å². The third-order valence-corrected chi connectivity index (χ3v) is 5.32. The van der Waals surface area contributed by atoms with Crippen molar-refractivity contribution in [2.75, 3.05) is 52.4 Å². The van der Waals surface area contributed by atoms with Crippen molar-refractivity contribution in [3.63, 3.8) is 0 Å². The summed E-state index contributed by atoms with van der Waals surface area (Å²) < 4.78 is 72.6. The molecule has 0 aromatic carbocycles. The highest BCUT2D eigenvalue weighted by Gasteiger charge is 2.54. The number of alkyl halides is 6. The number of nitrogens with zero attached hydrogens (tertiary/aromatic N) is 2. The Bertz CT molecular complexity index is 636. The summed E-state index contributed by atoms with van der Waals surface area (Å²) in [7, 11) is 0. The second-order valence-electron chi connectivity index (χ2n) is 7.99. The molecule has 3 rings (SSSR count). The van der Waals surface area contributed by atoms with Gasteiger partial charge >= 0.3 is 12.4 Å². The standard InChI is InChI=1S/C10H16F3N3O.C7H12F3N3O/c1-9(2)15-4-3-14-5-7(15)8(17)16(9)6-10(11,12)13;8-7(9,10)4-13-6(14)5-3-11-1-2-12-5/h7,14H,3-6H2,1-2H3;5,11-12H,1-4H2,(H,13,14)/t7-;5-/m00/s1. The topological polar surface area (TPSA) is 88.7 Å². The molecule has 0 aliphatic carbocycles. The van der Waals surface area contributed by atoms with Gasteiger partial charge in [0.05, 0.1) is 11.7 Å². The summed E-state index contributed by atoms with van der Waals surface area (Å²) >= 11 is 0. The minimum Gasteiger partial charge on any atom is -0.346 e. The van der Waals surface area contributed by atoms with E-state index < -0.39 is 55.0 Å². The molecule has 0 aromatic rings. The van der Waals surface area contributed by atoms with Crippen molar-refractivity contribution in [1.82, 2.24) is 31.1 Å². The molecule has 2 amide bonds. The van der Waals surface area contributed by atoms with Crippen LogP contribution in [-0.2, 0) is 9.59 Å². The van der Waals surface area contributed by atoms with E-state index in [4.69, 9.17) is 0 Å². The average molecular weight is 462 g/mol.